The molecule has 2 N–H and O–H groups in total. The van der Waals surface area contributed by atoms with Gasteiger partial charge in [-0.1, -0.05) is 12.1 Å². The molecule has 0 aliphatic carbocycles. The van der Waals surface area contributed by atoms with Crippen LogP contribution in [-0.2, 0) is 17.8 Å². The molecular weight excluding hydrogens is 238 g/mol. The number of carbonyl (C=O) groups is 1. The SMILES string of the molecule is CN(Cc1ccc2c(c1)CC(=O)N2C)CC(C)(C)N. The van der Waals surface area contributed by atoms with E-state index in [-0.39, 0.29) is 11.4 Å². The summed E-state index contributed by atoms with van der Waals surface area (Å²) in [6.07, 6.45) is 0.520. The number of fused-ring (bicyclic) bond motifs is 1. The third-order valence-corrected chi connectivity index (χ3v) is 3.35. The van der Waals surface area contributed by atoms with E-state index in [0.717, 1.165) is 24.3 Å². The molecule has 4 heteroatoms. The van der Waals surface area contributed by atoms with Gasteiger partial charge in [0.2, 0.25) is 5.91 Å². The predicted octanol–water partition coefficient (Wildman–Crippen LogP) is 1.37. The lowest BCUT2D eigenvalue weighted by atomic mass is 10.1. The van der Waals surface area contributed by atoms with Crippen molar-refractivity contribution in [1.29, 1.82) is 0 Å². The summed E-state index contributed by atoms with van der Waals surface area (Å²) in [5.41, 5.74) is 9.23. The zero-order chi connectivity index (χ0) is 14.2. The first kappa shape index (κ1) is 14.0. The zero-order valence-corrected chi connectivity index (χ0v) is 12.2. The highest BCUT2D eigenvalue weighted by Crippen LogP contribution is 2.28. The van der Waals surface area contributed by atoms with Gasteiger partial charge in [-0.25, -0.2) is 0 Å². The number of amides is 1. The Kier molecular flexibility index (Phi) is 3.65. The molecule has 0 radical (unpaired) electrons. The summed E-state index contributed by atoms with van der Waals surface area (Å²) in [7, 11) is 3.90. The van der Waals surface area contributed by atoms with Gasteiger partial charge in [-0.3, -0.25) is 4.79 Å². The lowest BCUT2D eigenvalue weighted by molar-refractivity contribution is -0.117. The van der Waals surface area contributed by atoms with Gasteiger partial charge in [-0.15, -0.1) is 0 Å². The highest BCUT2D eigenvalue weighted by Gasteiger charge is 2.24. The summed E-state index contributed by atoms with van der Waals surface area (Å²) in [5, 5.41) is 0. The summed E-state index contributed by atoms with van der Waals surface area (Å²) in [6.45, 7) is 5.74. The number of anilines is 1. The Labute approximate surface area is 115 Å². The lowest BCUT2D eigenvalue weighted by Gasteiger charge is -2.26. The molecule has 0 saturated carbocycles. The van der Waals surface area contributed by atoms with Gasteiger partial charge in [0, 0.05) is 31.4 Å². The van der Waals surface area contributed by atoms with E-state index >= 15 is 0 Å². The van der Waals surface area contributed by atoms with Crippen molar-refractivity contribution >= 4 is 11.6 Å². The van der Waals surface area contributed by atoms with E-state index in [1.54, 1.807) is 4.90 Å². The quantitative estimate of drug-likeness (QED) is 0.890. The second-order valence-electron chi connectivity index (χ2n) is 6.25. The number of nitrogens with two attached hydrogens (primary N) is 1. The van der Waals surface area contributed by atoms with Crippen LogP contribution in [0.15, 0.2) is 18.2 Å². The number of likely N-dealkylation sites (N-methyl/N-ethyl adjacent to an activating group) is 2. The summed E-state index contributed by atoms with van der Waals surface area (Å²) in [4.78, 5) is 15.6. The molecule has 1 aliphatic heterocycles. The highest BCUT2D eigenvalue weighted by atomic mass is 16.2. The monoisotopic (exact) mass is 261 g/mol. The average molecular weight is 261 g/mol. The normalized spacial score (nSPS) is 15.3. The molecule has 0 saturated heterocycles. The van der Waals surface area contributed by atoms with E-state index < -0.39 is 0 Å². The molecule has 0 aromatic heterocycles. The van der Waals surface area contributed by atoms with Crippen LogP contribution in [0.1, 0.15) is 25.0 Å². The minimum absolute atomic E-state index is 0.170. The fourth-order valence-corrected chi connectivity index (χ4v) is 2.69. The molecular formula is C15H23N3O. The summed E-state index contributed by atoms with van der Waals surface area (Å²) >= 11 is 0. The van der Waals surface area contributed by atoms with Crippen LogP contribution in [0, 0.1) is 0 Å². The topological polar surface area (TPSA) is 49.6 Å². The van der Waals surface area contributed by atoms with E-state index in [0.29, 0.717) is 6.42 Å². The Morgan fingerprint density at radius 3 is 2.74 bits per heavy atom. The molecule has 1 amide bonds. The maximum absolute atomic E-state index is 11.7. The summed E-state index contributed by atoms with van der Waals surface area (Å²) in [6, 6.07) is 6.27. The van der Waals surface area contributed by atoms with Crippen molar-refractivity contribution in [3.05, 3.63) is 29.3 Å². The number of benzene rings is 1. The fourth-order valence-electron chi connectivity index (χ4n) is 2.69. The third-order valence-electron chi connectivity index (χ3n) is 3.35. The van der Waals surface area contributed by atoms with E-state index in [1.807, 2.05) is 27.0 Å². The molecule has 0 atom stereocenters. The van der Waals surface area contributed by atoms with E-state index in [4.69, 9.17) is 5.73 Å². The fraction of sp³-hybridized carbons (Fsp3) is 0.533. The van der Waals surface area contributed by atoms with Crippen LogP contribution in [0.25, 0.3) is 0 Å². The maximum atomic E-state index is 11.7. The standard InChI is InChI=1S/C15H23N3O/c1-15(2,16)10-17(3)9-11-5-6-13-12(7-11)8-14(19)18(13)4/h5-7H,8-10,16H2,1-4H3. The minimum Gasteiger partial charge on any atom is -0.324 e. The van der Waals surface area contributed by atoms with Gasteiger partial charge in [0.1, 0.15) is 0 Å². The van der Waals surface area contributed by atoms with Crippen LogP contribution in [-0.4, -0.2) is 37.0 Å². The maximum Gasteiger partial charge on any atom is 0.231 e. The molecule has 19 heavy (non-hydrogen) atoms. The minimum atomic E-state index is -0.193. The van der Waals surface area contributed by atoms with Crippen LogP contribution in [0.2, 0.25) is 0 Å². The van der Waals surface area contributed by atoms with Crippen molar-refractivity contribution in [2.24, 2.45) is 5.73 Å². The second-order valence-corrected chi connectivity index (χ2v) is 6.25. The molecule has 1 heterocycles. The van der Waals surface area contributed by atoms with Gasteiger partial charge < -0.3 is 15.5 Å². The largest absolute Gasteiger partial charge is 0.324 e. The molecule has 2 rings (SSSR count). The summed E-state index contributed by atoms with van der Waals surface area (Å²) < 4.78 is 0. The Bertz CT molecular complexity index is 491. The molecule has 0 fully saturated rings. The predicted molar refractivity (Wildman–Crippen MR) is 78.2 cm³/mol. The van der Waals surface area contributed by atoms with E-state index in [2.05, 4.69) is 24.1 Å². The first-order valence-corrected chi connectivity index (χ1v) is 6.62. The van der Waals surface area contributed by atoms with Crippen LogP contribution in [0.5, 0.6) is 0 Å². The molecule has 0 bridgehead atoms. The number of rotatable bonds is 4. The zero-order valence-electron chi connectivity index (χ0n) is 12.2. The molecule has 0 spiro atoms. The summed E-state index contributed by atoms with van der Waals surface area (Å²) in [5.74, 6) is 0.170. The van der Waals surface area contributed by atoms with Gasteiger partial charge in [0.05, 0.1) is 6.42 Å². The van der Waals surface area contributed by atoms with Gasteiger partial charge >= 0.3 is 0 Å². The third kappa shape index (κ3) is 3.33. The molecule has 104 valence electrons. The van der Waals surface area contributed by atoms with Crippen molar-refractivity contribution < 1.29 is 4.79 Å². The van der Waals surface area contributed by atoms with Gasteiger partial charge in [-0.2, -0.15) is 0 Å². The Morgan fingerprint density at radius 2 is 2.11 bits per heavy atom. The van der Waals surface area contributed by atoms with E-state index in [1.165, 1.54) is 5.56 Å². The van der Waals surface area contributed by atoms with Crippen molar-refractivity contribution in [2.75, 3.05) is 25.5 Å². The van der Waals surface area contributed by atoms with Crippen LogP contribution < -0.4 is 10.6 Å². The smallest absolute Gasteiger partial charge is 0.231 e. The second kappa shape index (κ2) is 4.94. The first-order valence-electron chi connectivity index (χ1n) is 6.62. The molecule has 1 aromatic carbocycles. The van der Waals surface area contributed by atoms with Crippen molar-refractivity contribution in [3.63, 3.8) is 0 Å². The van der Waals surface area contributed by atoms with Gasteiger partial charge in [-0.05, 0) is 38.1 Å². The first-order chi connectivity index (χ1) is 8.76. The van der Waals surface area contributed by atoms with Crippen LogP contribution in [0.4, 0.5) is 5.69 Å². The van der Waals surface area contributed by atoms with Gasteiger partial charge in [0.25, 0.3) is 0 Å². The van der Waals surface area contributed by atoms with Crippen LogP contribution >= 0.6 is 0 Å². The number of hydrogen-bond acceptors (Lipinski definition) is 3. The number of carbonyl (C=O) groups excluding carboxylic acids is 1. The molecule has 1 aromatic rings. The number of nitrogens with zero attached hydrogens (tertiary/aromatic N) is 2. The van der Waals surface area contributed by atoms with Crippen molar-refractivity contribution in [2.45, 2.75) is 32.4 Å². The Balaban J connectivity index is 2.08. The molecule has 4 nitrogen and oxygen atoms in total. The molecule has 1 aliphatic rings. The lowest BCUT2D eigenvalue weighted by Crippen LogP contribution is -2.43. The Hall–Kier alpha value is -1.39. The Morgan fingerprint density at radius 1 is 1.42 bits per heavy atom. The van der Waals surface area contributed by atoms with Gasteiger partial charge in [0.15, 0.2) is 0 Å². The van der Waals surface area contributed by atoms with Crippen molar-refractivity contribution in [1.82, 2.24) is 4.90 Å². The molecule has 0 unspecified atom stereocenters. The average Bonchev–Trinajstić information content (AvgIpc) is 2.51. The highest BCUT2D eigenvalue weighted by molar-refractivity contribution is 6.00. The van der Waals surface area contributed by atoms with Crippen molar-refractivity contribution in [3.8, 4) is 0 Å². The number of hydrogen-bond donors (Lipinski definition) is 1. The van der Waals surface area contributed by atoms with Crippen LogP contribution in [0.3, 0.4) is 0 Å². The van der Waals surface area contributed by atoms with E-state index in [9.17, 15) is 4.79 Å².